The molecule has 0 radical (unpaired) electrons. The lowest BCUT2D eigenvalue weighted by Gasteiger charge is -2.26. The largest absolute Gasteiger partial charge is 0.359 e. The van der Waals surface area contributed by atoms with Gasteiger partial charge in [-0.2, -0.15) is 0 Å². The second-order valence-corrected chi connectivity index (χ2v) is 3.86. The third-order valence-electron chi connectivity index (χ3n) is 2.40. The Labute approximate surface area is 86.9 Å². The summed E-state index contributed by atoms with van der Waals surface area (Å²) in [6.45, 7) is 7.50. The van der Waals surface area contributed by atoms with Crippen molar-refractivity contribution in [1.29, 1.82) is 0 Å². The summed E-state index contributed by atoms with van der Waals surface area (Å²) in [5.41, 5.74) is 0. The van der Waals surface area contributed by atoms with Crippen LogP contribution >= 0.6 is 0 Å². The zero-order valence-corrected chi connectivity index (χ0v) is 9.45. The monoisotopic (exact) mass is 195 g/mol. The summed E-state index contributed by atoms with van der Waals surface area (Å²) >= 11 is 0. The normalized spacial score (nSPS) is 18.2. The summed E-state index contributed by atoms with van der Waals surface area (Å²) in [7, 11) is 2.10. The Balaban J connectivity index is 2.38. The van der Waals surface area contributed by atoms with Gasteiger partial charge in [-0.25, -0.2) is 4.99 Å². The van der Waals surface area contributed by atoms with Crippen molar-refractivity contribution in [3.05, 3.63) is 12.3 Å². The summed E-state index contributed by atoms with van der Waals surface area (Å²) in [5, 5.41) is 3.42. The van der Waals surface area contributed by atoms with Crippen LogP contribution in [0.3, 0.4) is 0 Å². The van der Waals surface area contributed by atoms with E-state index in [1.807, 2.05) is 6.20 Å². The van der Waals surface area contributed by atoms with Crippen molar-refractivity contribution < 1.29 is 0 Å². The van der Waals surface area contributed by atoms with E-state index in [1.165, 1.54) is 12.3 Å². The highest BCUT2D eigenvalue weighted by atomic mass is 15.2. The first kappa shape index (κ1) is 11.2. The molecule has 1 atom stereocenters. The summed E-state index contributed by atoms with van der Waals surface area (Å²) in [4.78, 5) is 6.62. The van der Waals surface area contributed by atoms with Gasteiger partial charge < -0.3 is 10.2 Å². The maximum atomic E-state index is 4.41. The molecule has 0 aromatic carbocycles. The smallest absolute Gasteiger partial charge is 0.108 e. The first-order chi connectivity index (χ1) is 6.75. The quantitative estimate of drug-likeness (QED) is 0.673. The maximum absolute atomic E-state index is 4.41. The topological polar surface area (TPSA) is 27.6 Å². The maximum Gasteiger partial charge on any atom is 0.108 e. The molecular weight excluding hydrogens is 174 g/mol. The molecule has 0 amide bonds. The number of likely N-dealkylation sites (N-methyl/N-ethyl adjacent to an activating group) is 1. The minimum Gasteiger partial charge on any atom is -0.359 e. The van der Waals surface area contributed by atoms with Crippen LogP contribution in [0.4, 0.5) is 0 Å². The average Bonchev–Trinajstić information content (AvgIpc) is 2.18. The summed E-state index contributed by atoms with van der Waals surface area (Å²) in [6, 6.07) is 0. The molecule has 3 heteroatoms. The molecule has 1 aliphatic heterocycles. The standard InChI is InChI=1S/C11H21N3/c1-4-6-12-9-10(2)11-13-7-5-8-14(11)3/h5,7,10,12H,4,6,8-9H2,1-3H3. The molecule has 0 aliphatic carbocycles. The van der Waals surface area contributed by atoms with Gasteiger partial charge >= 0.3 is 0 Å². The molecule has 0 aromatic rings. The molecule has 0 bridgehead atoms. The second kappa shape index (κ2) is 5.81. The molecule has 1 rings (SSSR count). The van der Waals surface area contributed by atoms with Crippen LogP contribution in [0.2, 0.25) is 0 Å². The average molecular weight is 195 g/mol. The van der Waals surface area contributed by atoms with E-state index in [9.17, 15) is 0 Å². The Hall–Kier alpha value is -0.830. The first-order valence-corrected chi connectivity index (χ1v) is 5.40. The molecule has 1 N–H and O–H groups in total. The molecule has 14 heavy (non-hydrogen) atoms. The van der Waals surface area contributed by atoms with Crippen molar-refractivity contribution in [2.24, 2.45) is 10.9 Å². The number of nitrogens with one attached hydrogen (secondary N) is 1. The van der Waals surface area contributed by atoms with Gasteiger partial charge in [0, 0.05) is 32.3 Å². The second-order valence-electron chi connectivity index (χ2n) is 3.86. The highest BCUT2D eigenvalue weighted by Gasteiger charge is 2.15. The van der Waals surface area contributed by atoms with E-state index in [-0.39, 0.29) is 0 Å². The number of rotatable bonds is 5. The Morgan fingerprint density at radius 1 is 1.64 bits per heavy atom. The number of hydrogen-bond donors (Lipinski definition) is 1. The molecule has 0 fully saturated rings. The summed E-state index contributed by atoms with van der Waals surface area (Å²) in [5.74, 6) is 1.69. The van der Waals surface area contributed by atoms with Gasteiger partial charge in [-0.15, -0.1) is 0 Å². The van der Waals surface area contributed by atoms with Gasteiger partial charge in [0.1, 0.15) is 5.84 Å². The van der Waals surface area contributed by atoms with Crippen LogP contribution in [0.5, 0.6) is 0 Å². The van der Waals surface area contributed by atoms with Crippen LogP contribution in [0.25, 0.3) is 0 Å². The molecule has 0 saturated heterocycles. The Morgan fingerprint density at radius 3 is 3.07 bits per heavy atom. The van der Waals surface area contributed by atoms with Crippen molar-refractivity contribution >= 4 is 5.84 Å². The molecule has 1 heterocycles. The van der Waals surface area contributed by atoms with E-state index in [0.29, 0.717) is 5.92 Å². The molecule has 0 saturated carbocycles. The van der Waals surface area contributed by atoms with Gasteiger partial charge in [-0.3, -0.25) is 0 Å². The lowest BCUT2D eigenvalue weighted by molar-refractivity contribution is 0.493. The van der Waals surface area contributed by atoms with E-state index in [0.717, 1.165) is 19.6 Å². The van der Waals surface area contributed by atoms with Crippen LogP contribution in [-0.2, 0) is 0 Å². The Kier molecular flexibility index (Phi) is 4.66. The molecular formula is C11H21N3. The molecule has 0 spiro atoms. The van der Waals surface area contributed by atoms with Crippen molar-refractivity contribution in [3.63, 3.8) is 0 Å². The van der Waals surface area contributed by atoms with Crippen molar-refractivity contribution in [2.75, 3.05) is 26.7 Å². The van der Waals surface area contributed by atoms with Gasteiger partial charge in [-0.05, 0) is 19.0 Å². The fourth-order valence-corrected chi connectivity index (χ4v) is 1.62. The molecule has 3 nitrogen and oxygen atoms in total. The zero-order chi connectivity index (χ0) is 10.4. The van der Waals surface area contributed by atoms with Gasteiger partial charge in [-0.1, -0.05) is 13.8 Å². The summed E-state index contributed by atoms with van der Waals surface area (Å²) in [6.07, 6.45) is 5.18. The number of aliphatic imine (C=N–C) groups is 1. The van der Waals surface area contributed by atoms with Gasteiger partial charge in [0.15, 0.2) is 0 Å². The minimum atomic E-state index is 0.497. The van der Waals surface area contributed by atoms with Crippen LogP contribution in [-0.4, -0.2) is 37.4 Å². The van der Waals surface area contributed by atoms with Crippen molar-refractivity contribution in [3.8, 4) is 0 Å². The number of hydrogen-bond acceptors (Lipinski definition) is 3. The fourth-order valence-electron chi connectivity index (χ4n) is 1.62. The van der Waals surface area contributed by atoms with Gasteiger partial charge in [0.05, 0.1) is 0 Å². The third kappa shape index (κ3) is 3.14. The van der Waals surface area contributed by atoms with E-state index >= 15 is 0 Å². The van der Waals surface area contributed by atoms with Gasteiger partial charge in [0.2, 0.25) is 0 Å². The van der Waals surface area contributed by atoms with Gasteiger partial charge in [0.25, 0.3) is 0 Å². The molecule has 0 aromatic heterocycles. The van der Waals surface area contributed by atoms with Crippen LogP contribution in [0.1, 0.15) is 20.3 Å². The van der Waals surface area contributed by atoms with Crippen LogP contribution < -0.4 is 5.32 Å². The van der Waals surface area contributed by atoms with Crippen LogP contribution in [0, 0.1) is 5.92 Å². The Bertz CT molecular complexity index is 221. The summed E-state index contributed by atoms with van der Waals surface area (Å²) < 4.78 is 0. The van der Waals surface area contributed by atoms with E-state index < -0.39 is 0 Å². The van der Waals surface area contributed by atoms with E-state index in [1.54, 1.807) is 0 Å². The highest BCUT2D eigenvalue weighted by molar-refractivity contribution is 5.85. The molecule has 1 aliphatic rings. The number of nitrogens with zero attached hydrogens (tertiary/aromatic N) is 2. The predicted octanol–water partition coefficient (Wildman–Crippen LogP) is 1.48. The predicted molar refractivity (Wildman–Crippen MR) is 61.5 cm³/mol. The van der Waals surface area contributed by atoms with E-state index in [2.05, 4.69) is 42.2 Å². The van der Waals surface area contributed by atoms with Crippen LogP contribution in [0.15, 0.2) is 17.3 Å². The number of amidine groups is 1. The molecule has 1 unspecified atom stereocenters. The Morgan fingerprint density at radius 2 is 2.43 bits per heavy atom. The lowest BCUT2D eigenvalue weighted by Crippen LogP contribution is -2.38. The lowest BCUT2D eigenvalue weighted by atomic mass is 10.1. The third-order valence-corrected chi connectivity index (χ3v) is 2.40. The highest BCUT2D eigenvalue weighted by Crippen LogP contribution is 2.06. The van der Waals surface area contributed by atoms with E-state index in [4.69, 9.17) is 0 Å². The van der Waals surface area contributed by atoms with Crippen molar-refractivity contribution in [2.45, 2.75) is 20.3 Å². The first-order valence-electron chi connectivity index (χ1n) is 5.40. The minimum absolute atomic E-state index is 0.497. The SMILES string of the molecule is CCCNCC(C)C1=NC=CCN1C. The fraction of sp³-hybridized carbons (Fsp3) is 0.727. The molecule has 80 valence electrons. The zero-order valence-electron chi connectivity index (χ0n) is 9.45. The van der Waals surface area contributed by atoms with Crippen molar-refractivity contribution in [1.82, 2.24) is 10.2 Å².